The predicted octanol–water partition coefficient (Wildman–Crippen LogP) is 2.10. The summed E-state index contributed by atoms with van der Waals surface area (Å²) in [4.78, 5) is 2.38. The number of aliphatic hydroxyl groups excluding tert-OH is 1. The van der Waals surface area contributed by atoms with Crippen molar-refractivity contribution in [2.45, 2.75) is 31.5 Å². The molecule has 1 aromatic carbocycles. The van der Waals surface area contributed by atoms with Crippen molar-refractivity contribution in [3.63, 3.8) is 0 Å². The predicted molar refractivity (Wildman–Crippen MR) is 71.3 cm³/mol. The minimum absolute atomic E-state index is 0.109. The van der Waals surface area contributed by atoms with Gasteiger partial charge in [-0.1, -0.05) is 11.6 Å². The summed E-state index contributed by atoms with van der Waals surface area (Å²) < 4.78 is 5.93. The molecule has 98 valence electrons. The van der Waals surface area contributed by atoms with Crippen LogP contribution in [0, 0.1) is 0 Å². The molecule has 0 bridgehead atoms. The number of ether oxygens (including phenoxy) is 1. The van der Waals surface area contributed by atoms with Gasteiger partial charge in [0.25, 0.3) is 0 Å². The van der Waals surface area contributed by atoms with Gasteiger partial charge in [0.05, 0.1) is 6.10 Å². The molecule has 0 aliphatic carbocycles. The molecule has 0 spiro atoms. The van der Waals surface area contributed by atoms with E-state index in [9.17, 15) is 5.11 Å². The zero-order valence-electron chi connectivity index (χ0n) is 10.3. The minimum atomic E-state index is -0.109. The lowest BCUT2D eigenvalue weighted by Gasteiger charge is -2.31. The van der Waals surface area contributed by atoms with Crippen LogP contribution in [0.4, 0.5) is 0 Å². The van der Waals surface area contributed by atoms with Crippen molar-refractivity contribution in [2.24, 2.45) is 0 Å². The zero-order valence-corrected chi connectivity index (χ0v) is 11.1. The smallest absolute Gasteiger partial charge is 0.123 e. The van der Waals surface area contributed by atoms with Gasteiger partial charge in [-0.2, -0.15) is 0 Å². The largest absolute Gasteiger partial charge is 0.488 e. The average Bonchev–Trinajstić information content (AvgIpc) is 2.73. The van der Waals surface area contributed by atoms with E-state index in [0.717, 1.165) is 49.7 Å². The highest BCUT2D eigenvalue weighted by Gasteiger charge is 2.26. The molecule has 0 aromatic heterocycles. The Hall–Kier alpha value is -0.770. The third-order valence-electron chi connectivity index (χ3n) is 3.78. The third-order valence-corrected chi connectivity index (χ3v) is 4.02. The number of nitrogens with zero attached hydrogens (tertiary/aromatic N) is 1. The molecule has 1 saturated heterocycles. The molecule has 1 fully saturated rings. The van der Waals surface area contributed by atoms with E-state index >= 15 is 0 Å². The number of halogens is 1. The molecular weight excluding hydrogens is 250 g/mol. The summed E-state index contributed by atoms with van der Waals surface area (Å²) in [6.07, 6.45) is 2.82. The molecule has 3 nitrogen and oxygen atoms in total. The Morgan fingerprint density at radius 1 is 1.33 bits per heavy atom. The van der Waals surface area contributed by atoms with Crippen LogP contribution in [0.2, 0.25) is 5.02 Å². The van der Waals surface area contributed by atoms with E-state index in [1.807, 2.05) is 18.2 Å². The SMILES string of the molecule is OC1CCN(CC2Cc3cc(Cl)ccc3O2)CC1. The van der Waals surface area contributed by atoms with Gasteiger partial charge >= 0.3 is 0 Å². The molecule has 18 heavy (non-hydrogen) atoms. The van der Waals surface area contributed by atoms with Gasteiger partial charge in [-0.15, -0.1) is 0 Å². The van der Waals surface area contributed by atoms with E-state index in [-0.39, 0.29) is 12.2 Å². The van der Waals surface area contributed by atoms with Crippen LogP contribution in [0.25, 0.3) is 0 Å². The lowest BCUT2D eigenvalue weighted by atomic mass is 10.1. The van der Waals surface area contributed by atoms with Gasteiger partial charge in [0.1, 0.15) is 11.9 Å². The topological polar surface area (TPSA) is 32.7 Å². The van der Waals surface area contributed by atoms with Crippen LogP contribution in [-0.4, -0.2) is 41.8 Å². The van der Waals surface area contributed by atoms with Crippen LogP contribution in [0.1, 0.15) is 18.4 Å². The van der Waals surface area contributed by atoms with Crippen molar-refractivity contribution in [3.05, 3.63) is 28.8 Å². The molecule has 1 aromatic rings. The number of fused-ring (bicyclic) bond motifs is 1. The molecule has 0 saturated carbocycles. The fourth-order valence-corrected chi connectivity index (χ4v) is 2.98. The Morgan fingerprint density at radius 2 is 2.11 bits per heavy atom. The van der Waals surface area contributed by atoms with E-state index in [2.05, 4.69) is 4.90 Å². The molecule has 1 unspecified atom stereocenters. The van der Waals surface area contributed by atoms with Crippen molar-refractivity contribution < 1.29 is 9.84 Å². The van der Waals surface area contributed by atoms with Gasteiger partial charge in [-0.25, -0.2) is 0 Å². The van der Waals surface area contributed by atoms with Crippen LogP contribution in [0.15, 0.2) is 18.2 Å². The second kappa shape index (κ2) is 5.08. The molecule has 4 heteroatoms. The normalized spacial score (nSPS) is 24.9. The number of aliphatic hydroxyl groups is 1. The average molecular weight is 268 g/mol. The van der Waals surface area contributed by atoms with Crippen molar-refractivity contribution in [1.29, 1.82) is 0 Å². The van der Waals surface area contributed by atoms with Crippen LogP contribution >= 0.6 is 11.6 Å². The quantitative estimate of drug-likeness (QED) is 0.891. The third kappa shape index (κ3) is 2.63. The van der Waals surface area contributed by atoms with E-state index in [1.165, 1.54) is 5.56 Å². The summed E-state index contributed by atoms with van der Waals surface area (Å²) >= 11 is 5.99. The first kappa shape index (κ1) is 12.3. The lowest BCUT2D eigenvalue weighted by molar-refractivity contribution is 0.0625. The summed E-state index contributed by atoms with van der Waals surface area (Å²) in [7, 11) is 0. The Labute approximate surface area is 112 Å². The summed E-state index contributed by atoms with van der Waals surface area (Å²) in [6, 6.07) is 5.83. The van der Waals surface area contributed by atoms with Crippen LogP contribution in [-0.2, 0) is 6.42 Å². The van der Waals surface area contributed by atoms with E-state index in [0.29, 0.717) is 0 Å². The first-order valence-electron chi connectivity index (χ1n) is 6.56. The van der Waals surface area contributed by atoms with Gasteiger partial charge in [0, 0.05) is 31.1 Å². The maximum Gasteiger partial charge on any atom is 0.123 e. The first-order chi connectivity index (χ1) is 8.70. The van der Waals surface area contributed by atoms with Crippen molar-refractivity contribution >= 4 is 11.6 Å². The van der Waals surface area contributed by atoms with Crippen LogP contribution in [0.3, 0.4) is 0 Å². The molecule has 2 heterocycles. The molecule has 3 rings (SSSR count). The van der Waals surface area contributed by atoms with Crippen molar-refractivity contribution in [1.82, 2.24) is 4.90 Å². The molecule has 1 N–H and O–H groups in total. The fraction of sp³-hybridized carbons (Fsp3) is 0.571. The molecule has 1 atom stereocenters. The number of hydrogen-bond acceptors (Lipinski definition) is 3. The lowest BCUT2D eigenvalue weighted by Crippen LogP contribution is -2.41. The number of likely N-dealkylation sites (tertiary alicyclic amines) is 1. The molecule has 2 aliphatic rings. The first-order valence-corrected chi connectivity index (χ1v) is 6.94. The standard InChI is InChI=1S/C14H18ClNO2/c15-11-1-2-14-10(7-11)8-13(18-14)9-16-5-3-12(17)4-6-16/h1-2,7,12-13,17H,3-6,8-9H2. The molecule has 0 radical (unpaired) electrons. The second-order valence-electron chi connectivity index (χ2n) is 5.23. The highest BCUT2D eigenvalue weighted by atomic mass is 35.5. The maximum atomic E-state index is 9.49. The molecule has 2 aliphatic heterocycles. The Kier molecular flexibility index (Phi) is 3.46. The van der Waals surface area contributed by atoms with E-state index in [1.54, 1.807) is 0 Å². The minimum Gasteiger partial charge on any atom is -0.488 e. The summed E-state index contributed by atoms with van der Waals surface area (Å²) in [5.41, 5.74) is 1.21. The van der Waals surface area contributed by atoms with Crippen molar-refractivity contribution in [2.75, 3.05) is 19.6 Å². The summed E-state index contributed by atoms with van der Waals surface area (Å²) in [5.74, 6) is 0.974. The summed E-state index contributed by atoms with van der Waals surface area (Å²) in [6.45, 7) is 2.88. The summed E-state index contributed by atoms with van der Waals surface area (Å²) in [5, 5.41) is 10.3. The van der Waals surface area contributed by atoms with Gasteiger partial charge in [-0.05, 0) is 36.6 Å². The van der Waals surface area contributed by atoms with Crippen molar-refractivity contribution in [3.8, 4) is 5.75 Å². The highest BCUT2D eigenvalue weighted by Crippen LogP contribution is 2.31. The zero-order chi connectivity index (χ0) is 12.5. The Morgan fingerprint density at radius 3 is 2.89 bits per heavy atom. The highest BCUT2D eigenvalue weighted by molar-refractivity contribution is 6.30. The Balaban J connectivity index is 1.58. The van der Waals surface area contributed by atoms with Gasteiger partial charge < -0.3 is 9.84 Å². The van der Waals surface area contributed by atoms with Gasteiger partial charge in [-0.3, -0.25) is 4.90 Å². The molecule has 0 amide bonds. The number of piperidine rings is 1. The van der Waals surface area contributed by atoms with E-state index < -0.39 is 0 Å². The number of benzene rings is 1. The number of hydrogen-bond donors (Lipinski definition) is 1. The Bertz CT molecular complexity index is 430. The molecular formula is C14H18ClNO2. The van der Waals surface area contributed by atoms with E-state index in [4.69, 9.17) is 16.3 Å². The van der Waals surface area contributed by atoms with Gasteiger partial charge in [0.2, 0.25) is 0 Å². The van der Waals surface area contributed by atoms with Gasteiger partial charge in [0.15, 0.2) is 0 Å². The van der Waals surface area contributed by atoms with Crippen LogP contribution < -0.4 is 4.74 Å². The maximum absolute atomic E-state index is 9.49. The second-order valence-corrected chi connectivity index (χ2v) is 5.66. The number of rotatable bonds is 2. The fourth-order valence-electron chi connectivity index (χ4n) is 2.78. The monoisotopic (exact) mass is 267 g/mol. The van der Waals surface area contributed by atoms with Crippen LogP contribution in [0.5, 0.6) is 5.75 Å².